The lowest BCUT2D eigenvalue weighted by Crippen LogP contribution is -2.37. The fourth-order valence-corrected chi connectivity index (χ4v) is 2.08. The number of amides is 1. The van der Waals surface area contributed by atoms with Gasteiger partial charge in [-0.05, 0) is 36.8 Å². The molecule has 0 aromatic heterocycles. The van der Waals surface area contributed by atoms with E-state index in [9.17, 15) is 9.18 Å². The van der Waals surface area contributed by atoms with Crippen LogP contribution in [-0.4, -0.2) is 18.5 Å². The van der Waals surface area contributed by atoms with Gasteiger partial charge in [-0.25, -0.2) is 4.39 Å². The van der Waals surface area contributed by atoms with E-state index in [1.54, 1.807) is 31.2 Å². The number of rotatable bonds is 7. The van der Waals surface area contributed by atoms with Crippen LogP contribution in [0.5, 0.6) is 5.75 Å². The molecule has 0 unspecified atom stereocenters. The zero-order valence-electron chi connectivity index (χ0n) is 13.4. The molecule has 5 heteroatoms. The van der Waals surface area contributed by atoms with Crippen LogP contribution in [0.25, 0.3) is 0 Å². The van der Waals surface area contributed by atoms with Crippen molar-refractivity contribution < 1.29 is 13.9 Å². The molecule has 2 rings (SSSR count). The van der Waals surface area contributed by atoms with Crippen LogP contribution in [0.1, 0.15) is 12.5 Å². The van der Waals surface area contributed by atoms with E-state index < -0.39 is 6.04 Å². The SMILES string of the molecule is C#CCNC(=O)[C@H](C)Nc1cccc(OCc2cccc(F)c2)c1. The van der Waals surface area contributed by atoms with Crippen molar-refractivity contribution in [3.63, 3.8) is 0 Å². The second-order valence-electron chi connectivity index (χ2n) is 5.23. The Hall–Kier alpha value is -3.00. The summed E-state index contributed by atoms with van der Waals surface area (Å²) >= 11 is 0. The van der Waals surface area contributed by atoms with Gasteiger partial charge in [0, 0.05) is 11.8 Å². The third-order valence-electron chi connectivity index (χ3n) is 3.27. The zero-order chi connectivity index (χ0) is 17.4. The molecule has 0 saturated carbocycles. The Morgan fingerprint density at radius 3 is 2.83 bits per heavy atom. The molecule has 2 aromatic rings. The topological polar surface area (TPSA) is 50.4 Å². The molecular weight excluding hydrogens is 307 g/mol. The van der Waals surface area contributed by atoms with Gasteiger partial charge in [-0.15, -0.1) is 6.42 Å². The highest BCUT2D eigenvalue weighted by Crippen LogP contribution is 2.19. The first-order valence-electron chi connectivity index (χ1n) is 7.53. The van der Waals surface area contributed by atoms with Gasteiger partial charge in [-0.2, -0.15) is 0 Å². The molecule has 0 spiro atoms. The van der Waals surface area contributed by atoms with Gasteiger partial charge in [0.05, 0.1) is 6.54 Å². The summed E-state index contributed by atoms with van der Waals surface area (Å²) in [4.78, 5) is 11.8. The maximum atomic E-state index is 13.1. The van der Waals surface area contributed by atoms with E-state index in [1.165, 1.54) is 12.1 Å². The summed E-state index contributed by atoms with van der Waals surface area (Å²) in [6.07, 6.45) is 5.11. The van der Waals surface area contributed by atoms with Crippen molar-refractivity contribution in [2.75, 3.05) is 11.9 Å². The van der Waals surface area contributed by atoms with Crippen LogP contribution in [0.3, 0.4) is 0 Å². The van der Waals surface area contributed by atoms with Crippen molar-refractivity contribution in [2.45, 2.75) is 19.6 Å². The Kier molecular flexibility index (Phi) is 6.21. The predicted octanol–water partition coefficient (Wildman–Crippen LogP) is 2.95. The first-order chi connectivity index (χ1) is 11.6. The molecule has 4 nitrogen and oxygen atoms in total. The van der Waals surface area contributed by atoms with Gasteiger partial charge < -0.3 is 15.4 Å². The number of nitrogens with one attached hydrogen (secondary N) is 2. The van der Waals surface area contributed by atoms with Crippen LogP contribution in [0.4, 0.5) is 10.1 Å². The molecule has 124 valence electrons. The van der Waals surface area contributed by atoms with Crippen molar-refractivity contribution in [1.29, 1.82) is 0 Å². The van der Waals surface area contributed by atoms with Crippen LogP contribution in [-0.2, 0) is 11.4 Å². The summed E-state index contributed by atoms with van der Waals surface area (Å²) in [7, 11) is 0. The molecule has 0 fully saturated rings. The van der Waals surface area contributed by atoms with Gasteiger partial charge in [0.2, 0.25) is 5.91 Å². The maximum Gasteiger partial charge on any atom is 0.242 e. The molecule has 24 heavy (non-hydrogen) atoms. The zero-order valence-corrected chi connectivity index (χ0v) is 13.4. The number of hydrogen-bond donors (Lipinski definition) is 2. The number of terminal acetylenes is 1. The normalized spacial score (nSPS) is 11.2. The van der Waals surface area contributed by atoms with E-state index in [-0.39, 0.29) is 24.9 Å². The number of halogens is 1. The summed E-state index contributed by atoms with van der Waals surface area (Å²) in [6, 6.07) is 13.1. The maximum absolute atomic E-state index is 13.1. The van der Waals surface area contributed by atoms with Gasteiger partial charge in [0.15, 0.2) is 0 Å². The monoisotopic (exact) mass is 326 g/mol. The predicted molar refractivity (Wildman–Crippen MR) is 92.1 cm³/mol. The van der Waals surface area contributed by atoms with E-state index in [4.69, 9.17) is 11.2 Å². The highest BCUT2D eigenvalue weighted by Gasteiger charge is 2.11. The first-order valence-corrected chi connectivity index (χ1v) is 7.53. The number of carbonyl (C=O) groups is 1. The Balaban J connectivity index is 1.93. The van der Waals surface area contributed by atoms with Gasteiger partial charge in [0.1, 0.15) is 24.2 Å². The molecule has 0 aliphatic carbocycles. The van der Waals surface area contributed by atoms with E-state index in [0.29, 0.717) is 5.75 Å². The molecule has 2 aromatic carbocycles. The third-order valence-corrected chi connectivity index (χ3v) is 3.27. The molecular formula is C19H19FN2O2. The minimum Gasteiger partial charge on any atom is -0.489 e. The van der Waals surface area contributed by atoms with Crippen LogP contribution >= 0.6 is 0 Å². The third kappa shape index (κ3) is 5.33. The van der Waals surface area contributed by atoms with E-state index in [2.05, 4.69) is 16.6 Å². The molecule has 1 atom stereocenters. The van der Waals surface area contributed by atoms with Crippen LogP contribution < -0.4 is 15.4 Å². The van der Waals surface area contributed by atoms with Crippen molar-refractivity contribution in [3.05, 3.63) is 59.9 Å². The molecule has 0 saturated heterocycles. The molecule has 0 aliphatic rings. The van der Waals surface area contributed by atoms with E-state index >= 15 is 0 Å². The number of benzene rings is 2. The van der Waals surface area contributed by atoms with Gasteiger partial charge >= 0.3 is 0 Å². The standard InChI is InChI=1S/C19H19FN2O2/c1-3-10-21-19(23)14(2)22-17-8-5-9-18(12-17)24-13-15-6-4-7-16(20)11-15/h1,4-9,11-12,14,22H,10,13H2,2H3,(H,21,23)/t14-/m0/s1. The Bertz CT molecular complexity index is 740. The summed E-state index contributed by atoms with van der Waals surface area (Å²) in [5.74, 6) is 2.51. The highest BCUT2D eigenvalue weighted by atomic mass is 19.1. The minimum atomic E-state index is -0.434. The Labute approximate surface area is 141 Å². The highest BCUT2D eigenvalue weighted by molar-refractivity contribution is 5.84. The van der Waals surface area contributed by atoms with Crippen molar-refractivity contribution in [1.82, 2.24) is 5.32 Å². The van der Waals surface area contributed by atoms with Crippen LogP contribution in [0.15, 0.2) is 48.5 Å². The Morgan fingerprint density at radius 2 is 2.08 bits per heavy atom. The largest absolute Gasteiger partial charge is 0.489 e. The fourth-order valence-electron chi connectivity index (χ4n) is 2.08. The average molecular weight is 326 g/mol. The second kappa shape index (κ2) is 8.59. The number of ether oxygens (including phenoxy) is 1. The first kappa shape index (κ1) is 17.4. The minimum absolute atomic E-state index is 0.181. The van der Waals surface area contributed by atoms with Crippen molar-refractivity contribution in [3.8, 4) is 18.1 Å². The van der Waals surface area contributed by atoms with Crippen molar-refractivity contribution in [2.24, 2.45) is 0 Å². The Morgan fingerprint density at radius 1 is 1.29 bits per heavy atom. The van der Waals surface area contributed by atoms with E-state index in [1.807, 2.05) is 12.1 Å². The lowest BCUT2D eigenvalue weighted by molar-refractivity contribution is -0.121. The molecule has 0 radical (unpaired) electrons. The fraction of sp³-hybridized carbons (Fsp3) is 0.211. The summed E-state index contributed by atoms with van der Waals surface area (Å²) in [5.41, 5.74) is 1.49. The van der Waals surface area contributed by atoms with Crippen LogP contribution in [0, 0.1) is 18.2 Å². The van der Waals surface area contributed by atoms with Gasteiger partial charge in [-0.3, -0.25) is 4.79 Å². The molecule has 0 aliphatic heterocycles. The average Bonchev–Trinajstić information content (AvgIpc) is 2.58. The molecule has 0 heterocycles. The summed E-state index contributed by atoms with van der Waals surface area (Å²) in [6.45, 7) is 2.20. The smallest absolute Gasteiger partial charge is 0.242 e. The van der Waals surface area contributed by atoms with Gasteiger partial charge in [-0.1, -0.05) is 24.1 Å². The number of carbonyl (C=O) groups excluding carboxylic acids is 1. The lowest BCUT2D eigenvalue weighted by atomic mass is 10.2. The van der Waals surface area contributed by atoms with Crippen molar-refractivity contribution >= 4 is 11.6 Å². The second-order valence-corrected chi connectivity index (χ2v) is 5.23. The van der Waals surface area contributed by atoms with E-state index in [0.717, 1.165) is 11.3 Å². The summed E-state index contributed by atoms with van der Waals surface area (Å²) in [5, 5.41) is 5.69. The lowest BCUT2D eigenvalue weighted by Gasteiger charge is -2.15. The van der Waals surface area contributed by atoms with Gasteiger partial charge in [0.25, 0.3) is 0 Å². The number of hydrogen-bond acceptors (Lipinski definition) is 3. The molecule has 1 amide bonds. The van der Waals surface area contributed by atoms with Crippen LogP contribution in [0.2, 0.25) is 0 Å². The summed E-state index contributed by atoms with van der Waals surface area (Å²) < 4.78 is 18.8. The molecule has 2 N–H and O–H groups in total. The quantitative estimate of drug-likeness (QED) is 0.769. The number of anilines is 1. The molecule has 0 bridgehead atoms.